The third-order valence-corrected chi connectivity index (χ3v) is 8.25. The first-order valence-corrected chi connectivity index (χ1v) is 11.1. The van der Waals surface area contributed by atoms with Gasteiger partial charge in [0.05, 0.1) is 0 Å². The van der Waals surface area contributed by atoms with Crippen molar-refractivity contribution in [3.63, 3.8) is 0 Å². The Balaban J connectivity index is 1.76. The lowest BCUT2D eigenvalue weighted by Gasteiger charge is -2.28. The fraction of sp³-hybridized carbons (Fsp3) is 0.0833. The van der Waals surface area contributed by atoms with Crippen molar-refractivity contribution in [2.45, 2.75) is 9.79 Å². The van der Waals surface area contributed by atoms with Crippen molar-refractivity contribution in [1.29, 1.82) is 0 Å². The molecule has 0 spiro atoms. The summed E-state index contributed by atoms with van der Waals surface area (Å²) in [5.41, 5.74) is 5.48. The molecule has 0 saturated heterocycles. The molecule has 122 valence electrons. The van der Waals surface area contributed by atoms with Gasteiger partial charge in [-0.3, -0.25) is 0 Å². The van der Waals surface area contributed by atoms with Crippen LogP contribution in [0.3, 0.4) is 0 Å². The number of fused-ring (bicyclic) bond motifs is 4. The van der Waals surface area contributed by atoms with Crippen LogP contribution in [0.25, 0.3) is 33.0 Å². The van der Waals surface area contributed by atoms with Crippen LogP contribution in [0.1, 0.15) is 0 Å². The zero-order valence-corrected chi connectivity index (χ0v) is 15.3. The lowest BCUT2D eigenvalue weighted by Crippen LogP contribution is -1.93. The number of rotatable bonds is 1. The minimum atomic E-state index is -0.949. The second-order valence-corrected chi connectivity index (χ2v) is 10.6. The van der Waals surface area contributed by atoms with E-state index < -0.39 is 10.0 Å². The SMILES string of the molecule is CS1(C)c2ccccc2-c2ccc(-c3cccc4ccccc34)cc21. The highest BCUT2D eigenvalue weighted by Crippen LogP contribution is 2.67. The van der Waals surface area contributed by atoms with Gasteiger partial charge in [0.25, 0.3) is 0 Å². The molecule has 0 fully saturated rings. The minimum Gasteiger partial charge on any atom is -0.192 e. The van der Waals surface area contributed by atoms with Crippen molar-refractivity contribution in [1.82, 2.24) is 0 Å². The summed E-state index contributed by atoms with van der Waals surface area (Å²) in [5.74, 6) is 0. The fourth-order valence-corrected chi connectivity index (χ4v) is 6.60. The summed E-state index contributed by atoms with van der Waals surface area (Å²) in [4.78, 5) is 3.03. The highest BCUT2D eigenvalue weighted by Gasteiger charge is 2.31. The van der Waals surface area contributed by atoms with Crippen molar-refractivity contribution in [2.75, 3.05) is 12.5 Å². The van der Waals surface area contributed by atoms with Gasteiger partial charge in [-0.1, -0.05) is 72.8 Å². The van der Waals surface area contributed by atoms with Crippen molar-refractivity contribution in [3.05, 3.63) is 84.9 Å². The lowest BCUT2D eigenvalue weighted by molar-refractivity contribution is 1.45. The predicted octanol–water partition coefficient (Wildman–Crippen LogP) is 6.97. The number of hydrogen-bond acceptors (Lipinski definition) is 0. The predicted molar refractivity (Wildman–Crippen MR) is 111 cm³/mol. The molecule has 5 rings (SSSR count). The van der Waals surface area contributed by atoms with Gasteiger partial charge in [-0.25, -0.2) is 0 Å². The average molecular weight is 340 g/mol. The Kier molecular flexibility index (Phi) is 3.10. The van der Waals surface area contributed by atoms with E-state index >= 15 is 0 Å². The van der Waals surface area contributed by atoms with Gasteiger partial charge >= 0.3 is 0 Å². The number of hydrogen-bond donors (Lipinski definition) is 0. The molecule has 0 aliphatic carbocycles. The molecule has 4 aromatic rings. The second-order valence-electron chi connectivity index (χ2n) is 7.06. The molecule has 0 radical (unpaired) electrons. The molecular formula is C24H20S. The summed E-state index contributed by atoms with van der Waals surface area (Å²) in [6.07, 6.45) is 4.84. The van der Waals surface area contributed by atoms with Crippen LogP contribution in [0, 0.1) is 0 Å². The quantitative estimate of drug-likeness (QED) is 0.351. The van der Waals surface area contributed by atoms with E-state index in [0.29, 0.717) is 0 Å². The van der Waals surface area contributed by atoms with Gasteiger partial charge in [0.1, 0.15) is 0 Å². The van der Waals surface area contributed by atoms with E-state index in [-0.39, 0.29) is 0 Å². The molecule has 1 heteroatoms. The Morgan fingerprint density at radius 3 is 2.16 bits per heavy atom. The molecule has 0 N–H and O–H groups in total. The first-order valence-electron chi connectivity index (χ1n) is 8.61. The molecule has 0 unspecified atom stereocenters. The Morgan fingerprint density at radius 1 is 0.560 bits per heavy atom. The van der Waals surface area contributed by atoms with Gasteiger partial charge in [-0.2, -0.15) is 10.0 Å². The summed E-state index contributed by atoms with van der Waals surface area (Å²) in [6.45, 7) is 0. The van der Waals surface area contributed by atoms with E-state index in [1.807, 2.05) is 0 Å². The molecule has 0 saturated carbocycles. The van der Waals surface area contributed by atoms with E-state index in [4.69, 9.17) is 0 Å². The summed E-state index contributed by atoms with van der Waals surface area (Å²) in [7, 11) is -0.949. The summed E-state index contributed by atoms with van der Waals surface area (Å²) >= 11 is 0. The summed E-state index contributed by atoms with van der Waals surface area (Å²) in [5, 5.41) is 2.63. The first-order chi connectivity index (χ1) is 12.2. The van der Waals surface area contributed by atoms with Crippen LogP contribution < -0.4 is 0 Å². The fourth-order valence-electron chi connectivity index (χ4n) is 4.06. The monoisotopic (exact) mass is 340 g/mol. The molecule has 1 heterocycles. The average Bonchev–Trinajstić information content (AvgIpc) is 2.89. The molecule has 0 bridgehead atoms. The normalized spacial score (nSPS) is 15.6. The Hall–Kier alpha value is -2.51. The van der Waals surface area contributed by atoms with Crippen LogP contribution in [-0.2, 0) is 0 Å². The van der Waals surface area contributed by atoms with E-state index in [1.54, 1.807) is 0 Å². The van der Waals surface area contributed by atoms with Crippen molar-refractivity contribution < 1.29 is 0 Å². The van der Waals surface area contributed by atoms with Crippen LogP contribution in [0.15, 0.2) is 94.7 Å². The van der Waals surface area contributed by atoms with Crippen LogP contribution >= 0.6 is 10.0 Å². The van der Waals surface area contributed by atoms with Crippen LogP contribution in [-0.4, -0.2) is 12.5 Å². The Labute approximate surface area is 150 Å². The van der Waals surface area contributed by atoms with Gasteiger partial charge in [-0.05, 0) is 57.7 Å². The first kappa shape index (κ1) is 14.8. The molecule has 1 aliphatic rings. The topological polar surface area (TPSA) is 0 Å². The smallest absolute Gasteiger partial charge is 0.00215 e. The zero-order valence-electron chi connectivity index (χ0n) is 14.5. The Morgan fingerprint density at radius 2 is 1.24 bits per heavy atom. The zero-order chi connectivity index (χ0) is 17.0. The lowest BCUT2D eigenvalue weighted by atomic mass is 9.96. The second kappa shape index (κ2) is 5.24. The van der Waals surface area contributed by atoms with E-state index in [1.165, 1.54) is 42.8 Å². The van der Waals surface area contributed by atoms with Gasteiger partial charge in [0.15, 0.2) is 0 Å². The molecule has 0 amide bonds. The maximum Gasteiger partial charge on any atom is 0.00215 e. The minimum absolute atomic E-state index is 0.949. The molecule has 0 atom stereocenters. The van der Waals surface area contributed by atoms with E-state index in [0.717, 1.165) is 0 Å². The van der Waals surface area contributed by atoms with Crippen molar-refractivity contribution >= 4 is 20.8 Å². The molecular weight excluding hydrogens is 320 g/mol. The molecule has 0 nitrogen and oxygen atoms in total. The third kappa shape index (κ3) is 2.09. The molecule has 25 heavy (non-hydrogen) atoms. The third-order valence-electron chi connectivity index (χ3n) is 5.36. The van der Waals surface area contributed by atoms with E-state index in [2.05, 4.69) is 97.4 Å². The summed E-state index contributed by atoms with van der Waals surface area (Å²) < 4.78 is 0. The standard InChI is InChI=1S/C24H20S/c1-25(2)23-13-6-5-11-21(23)22-15-14-18(16-24(22)25)20-12-7-9-17-8-3-4-10-19(17)20/h3-16H,1-2H3. The maximum absolute atomic E-state index is 2.44. The van der Waals surface area contributed by atoms with Gasteiger partial charge in [0, 0.05) is 9.79 Å². The van der Waals surface area contributed by atoms with Gasteiger partial charge in [0.2, 0.25) is 0 Å². The Bertz CT molecular complexity index is 1120. The molecule has 1 aliphatic heterocycles. The van der Waals surface area contributed by atoms with Gasteiger partial charge in [-0.15, -0.1) is 0 Å². The largest absolute Gasteiger partial charge is 0.192 e. The van der Waals surface area contributed by atoms with Crippen LogP contribution in [0.5, 0.6) is 0 Å². The highest BCUT2D eigenvalue weighted by atomic mass is 32.3. The van der Waals surface area contributed by atoms with Crippen LogP contribution in [0.4, 0.5) is 0 Å². The summed E-state index contributed by atoms with van der Waals surface area (Å²) in [6, 6.07) is 31.2. The van der Waals surface area contributed by atoms with Gasteiger partial charge < -0.3 is 0 Å². The molecule has 0 aromatic heterocycles. The van der Waals surface area contributed by atoms with Crippen LogP contribution in [0.2, 0.25) is 0 Å². The molecule has 4 aromatic carbocycles. The highest BCUT2D eigenvalue weighted by molar-refractivity contribution is 8.33. The maximum atomic E-state index is 2.44. The van der Waals surface area contributed by atoms with Crippen molar-refractivity contribution in [3.8, 4) is 22.3 Å². The van der Waals surface area contributed by atoms with E-state index in [9.17, 15) is 0 Å². The number of benzene rings is 4. The van der Waals surface area contributed by atoms with Crippen molar-refractivity contribution in [2.24, 2.45) is 0 Å².